The van der Waals surface area contributed by atoms with E-state index < -0.39 is 29.7 Å². The van der Waals surface area contributed by atoms with Gasteiger partial charge in [0.05, 0.1) is 6.61 Å². The van der Waals surface area contributed by atoms with E-state index in [0.717, 1.165) is 52.5 Å². The molecule has 0 spiro atoms. The molecular formula is C36H34F3NO4. The van der Waals surface area contributed by atoms with Crippen LogP contribution in [0.15, 0.2) is 78.9 Å². The molecular weight excluding hydrogens is 567 g/mol. The van der Waals surface area contributed by atoms with E-state index in [4.69, 9.17) is 9.47 Å². The lowest BCUT2D eigenvalue weighted by molar-refractivity contribution is -0.144. The van der Waals surface area contributed by atoms with Crippen LogP contribution >= 0.6 is 0 Å². The van der Waals surface area contributed by atoms with Gasteiger partial charge >= 0.3 is 5.97 Å². The Balaban J connectivity index is 1.19. The lowest BCUT2D eigenvalue weighted by Gasteiger charge is -2.35. The van der Waals surface area contributed by atoms with E-state index in [1.54, 1.807) is 12.1 Å². The summed E-state index contributed by atoms with van der Waals surface area (Å²) in [6.45, 7) is 3.26. The van der Waals surface area contributed by atoms with Crippen LogP contribution in [0, 0.1) is 17.5 Å². The molecule has 0 amide bonds. The summed E-state index contributed by atoms with van der Waals surface area (Å²) in [6.07, 6.45) is 2.13. The van der Waals surface area contributed by atoms with Crippen molar-refractivity contribution in [3.63, 3.8) is 0 Å². The van der Waals surface area contributed by atoms with Crippen LogP contribution in [0.3, 0.4) is 0 Å². The quantitative estimate of drug-likeness (QED) is 0.224. The van der Waals surface area contributed by atoms with E-state index in [1.165, 1.54) is 18.2 Å². The fraction of sp³-hybridized carbons (Fsp3) is 0.306. The number of fused-ring (bicyclic) bond motifs is 2. The molecule has 228 valence electrons. The summed E-state index contributed by atoms with van der Waals surface area (Å²) >= 11 is 0. The predicted octanol–water partition coefficient (Wildman–Crippen LogP) is 7.75. The van der Waals surface area contributed by atoms with Crippen LogP contribution in [0.1, 0.15) is 65.2 Å². The molecule has 0 radical (unpaired) electrons. The van der Waals surface area contributed by atoms with Crippen LogP contribution in [-0.2, 0) is 30.7 Å². The van der Waals surface area contributed by atoms with Crippen LogP contribution in [0.5, 0.6) is 11.5 Å². The highest BCUT2D eigenvalue weighted by atomic mass is 19.2. The number of hydrogen-bond acceptors (Lipinski definition) is 4. The molecule has 0 bridgehead atoms. The van der Waals surface area contributed by atoms with E-state index in [1.807, 2.05) is 48.2 Å². The van der Waals surface area contributed by atoms with E-state index in [2.05, 4.69) is 6.07 Å². The van der Waals surface area contributed by atoms with Gasteiger partial charge in [-0.2, -0.15) is 0 Å². The Morgan fingerprint density at radius 1 is 0.955 bits per heavy atom. The molecule has 2 aliphatic rings. The molecule has 2 heterocycles. The van der Waals surface area contributed by atoms with Crippen LogP contribution in [0.4, 0.5) is 13.2 Å². The number of nitrogens with zero attached hydrogens (tertiary/aromatic N) is 1. The number of ether oxygens (including phenoxy) is 2. The average Bonchev–Trinajstić information content (AvgIpc) is 3.22. The summed E-state index contributed by atoms with van der Waals surface area (Å²) < 4.78 is 53.3. The average molecular weight is 602 g/mol. The summed E-state index contributed by atoms with van der Waals surface area (Å²) in [7, 11) is 0. The molecule has 3 atom stereocenters. The number of carbonyl (C=O) groups is 1. The number of hydrogen-bond donors (Lipinski definition) is 1. The maximum Gasteiger partial charge on any atom is 0.321 e. The first-order valence-electron chi connectivity index (χ1n) is 15.0. The van der Waals surface area contributed by atoms with Crippen molar-refractivity contribution in [2.45, 2.75) is 63.8 Å². The van der Waals surface area contributed by atoms with Gasteiger partial charge in [-0.1, -0.05) is 43.3 Å². The second kappa shape index (κ2) is 12.7. The van der Waals surface area contributed by atoms with Crippen LogP contribution < -0.4 is 9.47 Å². The Labute approximate surface area is 254 Å². The van der Waals surface area contributed by atoms with Crippen molar-refractivity contribution in [3.8, 4) is 11.5 Å². The van der Waals surface area contributed by atoms with Gasteiger partial charge in [0.1, 0.15) is 29.5 Å². The Morgan fingerprint density at radius 2 is 1.77 bits per heavy atom. The molecule has 5 nitrogen and oxygen atoms in total. The summed E-state index contributed by atoms with van der Waals surface area (Å²) in [5.41, 5.74) is 5.58. The fourth-order valence-corrected chi connectivity index (χ4v) is 6.34. The zero-order chi connectivity index (χ0) is 30.8. The van der Waals surface area contributed by atoms with Crippen LogP contribution in [0.2, 0.25) is 0 Å². The minimum atomic E-state index is -0.898. The first kappa shape index (κ1) is 29.8. The van der Waals surface area contributed by atoms with Gasteiger partial charge in [0, 0.05) is 13.1 Å². The number of halogens is 3. The van der Waals surface area contributed by atoms with Crippen LogP contribution in [0.25, 0.3) is 0 Å². The molecule has 6 rings (SSSR count). The zero-order valence-electron chi connectivity index (χ0n) is 24.4. The van der Waals surface area contributed by atoms with Gasteiger partial charge in [0.25, 0.3) is 0 Å². The molecule has 0 saturated heterocycles. The maximum atomic E-state index is 13.8. The zero-order valence-corrected chi connectivity index (χ0v) is 24.4. The number of aliphatic carboxylic acids is 1. The Bertz CT molecular complexity index is 1660. The van der Waals surface area contributed by atoms with Gasteiger partial charge in [0.2, 0.25) is 0 Å². The van der Waals surface area contributed by atoms with E-state index in [-0.39, 0.29) is 11.7 Å². The maximum absolute atomic E-state index is 13.8. The lowest BCUT2D eigenvalue weighted by atomic mass is 9.86. The second-order valence-electron chi connectivity index (χ2n) is 11.6. The molecule has 0 fully saturated rings. The topological polar surface area (TPSA) is 59.0 Å². The molecule has 0 saturated carbocycles. The molecule has 4 aromatic rings. The highest BCUT2D eigenvalue weighted by Crippen LogP contribution is 2.38. The number of rotatable bonds is 8. The normalized spacial score (nSPS) is 18.8. The van der Waals surface area contributed by atoms with Gasteiger partial charge in [0.15, 0.2) is 11.6 Å². The van der Waals surface area contributed by atoms with Crippen molar-refractivity contribution in [1.82, 2.24) is 4.90 Å². The summed E-state index contributed by atoms with van der Waals surface area (Å²) in [5.74, 6) is -1.36. The first-order chi connectivity index (χ1) is 21.3. The summed E-state index contributed by atoms with van der Waals surface area (Å²) in [6, 6.07) is 21.5. The highest BCUT2D eigenvalue weighted by molar-refractivity contribution is 5.74. The Morgan fingerprint density at radius 3 is 2.50 bits per heavy atom. The summed E-state index contributed by atoms with van der Waals surface area (Å²) in [5, 5.41) is 9.99. The predicted molar refractivity (Wildman–Crippen MR) is 160 cm³/mol. The third-order valence-corrected chi connectivity index (χ3v) is 8.68. The van der Waals surface area contributed by atoms with Gasteiger partial charge in [-0.25, -0.2) is 13.2 Å². The van der Waals surface area contributed by atoms with E-state index >= 15 is 0 Å². The summed E-state index contributed by atoms with van der Waals surface area (Å²) in [4.78, 5) is 14.1. The number of carboxylic acids is 1. The monoisotopic (exact) mass is 601 g/mol. The van der Waals surface area contributed by atoms with Crippen LogP contribution in [-0.4, -0.2) is 28.6 Å². The number of carboxylic acid groups (broad SMARTS) is 1. The minimum Gasteiger partial charge on any atom is -0.493 e. The minimum absolute atomic E-state index is 0.204. The molecule has 8 heteroatoms. The van der Waals surface area contributed by atoms with E-state index in [0.29, 0.717) is 43.9 Å². The third-order valence-electron chi connectivity index (χ3n) is 8.68. The molecule has 44 heavy (non-hydrogen) atoms. The molecule has 0 aliphatic carbocycles. The van der Waals surface area contributed by atoms with Crippen molar-refractivity contribution in [1.29, 1.82) is 0 Å². The molecule has 4 aromatic carbocycles. The van der Waals surface area contributed by atoms with Crippen molar-refractivity contribution in [3.05, 3.63) is 130 Å². The van der Waals surface area contributed by atoms with E-state index in [9.17, 15) is 23.1 Å². The molecule has 0 unspecified atom stereocenters. The van der Waals surface area contributed by atoms with Gasteiger partial charge in [-0.15, -0.1) is 0 Å². The highest BCUT2D eigenvalue weighted by Gasteiger charge is 2.33. The molecule has 2 aliphatic heterocycles. The molecule has 1 N–H and O–H groups in total. The van der Waals surface area contributed by atoms with Crippen molar-refractivity contribution in [2.75, 3.05) is 6.61 Å². The third kappa shape index (κ3) is 6.45. The standard InChI is InChI=1S/C36H34F3NO4/c1-2-34(25-8-11-31(38)32(39)17-25)44-30-9-6-23(7-10-30)24-12-13-43-35-19-26-18-33(36(41)42)40(21-28(26)16-27(35)15-24)20-22-4-3-5-29(37)14-22/h3-11,14,16-17,19,24,33-34H,2,12-13,15,18,20-21H2,1H3,(H,41,42)/t24-,33+,34-/m1/s1. The van der Waals surface area contributed by atoms with Gasteiger partial charge in [-0.3, -0.25) is 9.69 Å². The van der Waals surface area contributed by atoms with Crippen molar-refractivity contribution in [2.24, 2.45) is 0 Å². The fourth-order valence-electron chi connectivity index (χ4n) is 6.34. The van der Waals surface area contributed by atoms with Gasteiger partial charge in [-0.05, 0) is 107 Å². The SMILES string of the molecule is CC[C@@H](Oc1ccc([C@@H]2CCOc3cc4c(cc3C2)CN(Cc2cccc(F)c2)[C@H](C(=O)O)C4)cc1)c1ccc(F)c(F)c1. The Hall–Kier alpha value is -4.30. The number of benzene rings is 4. The Kier molecular flexibility index (Phi) is 8.62. The second-order valence-corrected chi connectivity index (χ2v) is 11.6. The van der Waals surface area contributed by atoms with Crippen molar-refractivity contribution >= 4 is 5.97 Å². The first-order valence-corrected chi connectivity index (χ1v) is 15.0. The van der Waals surface area contributed by atoms with Gasteiger partial charge < -0.3 is 14.6 Å². The largest absolute Gasteiger partial charge is 0.493 e. The smallest absolute Gasteiger partial charge is 0.321 e. The molecule has 0 aromatic heterocycles. The van der Waals surface area contributed by atoms with Crippen molar-refractivity contribution < 1.29 is 32.5 Å². The lowest BCUT2D eigenvalue weighted by Crippen LogP contribution is -2.45.